The summed E-state index contributed by atoms with van der Waals surface area (Å²) in [5, 5.41) is 6.20. The molecular formula is C8H10F3N3OS. The third-order valence-corrected chi connectivity index (χ3v) is 2.20. The molecule has 0 atom stereocenters. The van der Waals surface area contributed by atoms with Crippen LogP contribution in [0.4, 0.5) is 13.2 Å². The van der Waals surface area contributed by atoms with Crippen LogP contribution in [0.1, 0.15) is 5.69 Å². The fraction of sp³-hybridized carbons (Fsp3) is 0.500. The van der Waals surface area contributed by atoms with Gasteiger partial charge < -0.3 is 10.6 Å². The maximum absolute atomic E-state index is 11.7. The third kappa shape index (κ3) is 5.66. The maximum atomic E-state index is 11.7. The molecule has 0 aliphatic heterocycles. The van der Waals surface area contributed by atoms with Crippen LogP contribution in [0.3, 0.4) is 0 Å². The lowest BCUT2D eigenvalue weighted by Gasteiger charge is -2.07. The molecular weight excluding hydrogens is 243 g/mol. The van der Waals surface area contributed by atoms with E-state index >= 15 is 0 Å². The van der Waals surface area contributed by atoms with Gasteiger partial charge in [0.15, 0.2) is 0 Å². The zero-order valence-electron chi connectivity index (χ0n) is 8.17. The molecule has 2 N–H and O–H groups in total. The van der Waals surface area contributed by atoms with Gasteiger partial charge in [0.2, 0.25) is 5.91 Å². The smallest absolute Gasteiger partial charge is 0.349 e. The lowest BCUT2D eigenvalue weighted by atomic mass is 10.4. The maximum Gasteiger partial charge on any atom is 0.401 e. The zero-order valence-corrected chi connectivity index (χ0v) is 8.99. The molecule has 90 valence electrons. The average molecular weight is 253 g/mol. The minimum Gasteiger partial charge on any atom is -0.349 e. The number of carbonyl (C=O) groups excluding carboxylic acids is 1. The Morgan fingerprint density at radius 2 is 2.25 bits per heavy atom. The van der Waals surface area contributed by atoms with Gasteiger partial charge in [-0.25, -0.2) is 4.98 Å². The van der Waals surface area contributed by atoms with Crippen molar-refractivity contribution in [1.29, 1.82) is 0 Å². The van der Waals surface area contributed by atoms with Crippen molar-refractivity contribution in [3.8, 4) is 0 Å². The molecule has 4 nitrogen and oxygen atoms in total. The van der Waals surface area contributed by atoms with Crippen molar-refractivity contribution in [1.82, 2.24) is 15.6 Å². The Balaban J connectivity index is 2.12. The first kappa shape index (κ1) is 12.9. The Kier molecular flexibility index (Phi) is 4.69. The molecule has 1 aromatic rings. The lowest BCUT2D eigenvalue weighted by molar-refractivity contribution is -0.128. The number of alkyl halides is 3. The Hall–Kier alpha value is -1.15. The number of rotatable bonds is 5. The number of carbonyl (C=O) groups is 1. The molecule has 1 heterocycles. The Morgan fingerprint density at radius 3 is 2.81 bits per heavy atom. The van der Waals surface area contributed by atoms with E-state index in [0.29, 0.717) is 5.69 Å². The molecule has 8 heteroatoms. The summed E-state index contributed by atoms with van der Waals surface area (Å²) < 4.78 is 35.1. The van der Waals surface area contributed by atoms with Crippen LogP contribution in [0, 0.1) is 0 Å². The molecule has 0 aliphatic rings. The molecule has 0 unspecified atom stereocenters. The number of halogens is 3. The summed E-state index contributed by atoms with van der Waals surface area (Å²) in [6.45, 7) is -1.29. The van der Waals surface area contributed by atoms with E-state index in [-0.39, 0.29) is 13.1 Å². The normalized spacial score (nSPS) is 11.4. The largest absolute Gasteiger partial charge is 0.401 e. The minimum absolute atomic E-state index is 0.232. The molecule has 0 saturated heterocycles. The SMILES string of the molecule is O=C(CNCC(F)(F)F)NCc1cscn1. The van der Waals surface area contributed by atoms with E-state index in [1.54, 1.807) is 10.9 Å². The van der Waals surface area contributed by atoms with Crippen molar-refractivity contribution >= 4 is 17.2 Å². The quantitative estimate of drug-likeness (QED) is 0.820. The Labute approximate surface area is 93.9 Å². The van der Waals surface area contributed by atoms with E-state index in [0.717, 1.165) is 0 Å². The van der Waals surface area contributed by atoms with E-state index in [1.165, 1.54) is 11.3 Å². The molecule has 0 aromatic carbocycles. The van der Waals surface area contributed by atoms with Gasteiger partial charge in [-0.3, -0.25) is 4.79 Å². The minimum atomic E-state index is -4.30. The van der Waals surface area contributed by atoms with Crippen molar-refractivity contribution in [2.45, 2.75) is 12.7 Å². The third-order valence-electron chi connectivity index (χ3n) is 1.56. The van der Waals surface area contributed by atoms with E-state index in [1.807, 2.05) is 5.32 Å². The van der Waals surface area contributed by atoms with Crippen molar-refractivity contribution in [3.05, 3.63) is 16.6 Å². The van der Waals surface area contributed by atoms with Gasteiger partial charge in [-0.05, 0) is 0 Å². The van der Waals surface area contributed by atoms with E-state index < -0.39 is 18.6 Å². The Morgan fingerprint density at radius 1 is 1.50 bits per heavy atom. The average Bonchev–Trinajstić information content (AvgIpc) is 2.65. The summed E-state index contributed by atoms with van der Waals surface area (Å²) in [5.41, 5.74) is 2.30. The molecule has 1 aromatic heterocycles. The predicted molar refractivity (Wildman–Crippen MR) is 52.9 cm³/mol. The molecule has 0 saturated carbocycles. The van der Waals surface area contributed by atoms with Gasteiger partial charge in [0.1, 0.15) is 0 Å². The second-order valence-corrected chi connectivity index (χ2v) is 3.69. The van der Waals surface area contributed by atoms with Crippen LogP contribution < -0.4 is 10.6 Å². The highest BCUT2D eigenvalue weighted by Gasteiger charge is 2.26. The number of aromatic nitrogens is 1. The second kappa shape index (κ2) is 5.80. The first-order valence-corrected chi connectivity index (χ1v) is 5.33. The summed E-state index contributed by atoms with van der Waals surface area (Å²) in [5.74, 6) is -0.489. The van der Waals surface area contributed by atoms with Crippen LogP contribution in [0.2, 0.25) is 0 Å². The molecule has 0 aliphatic carbocycles. The summed E-state index contributed by atoms with van der Waals surface area (Å²) >= 11 is 1.39. The van der Waals surface area contributed by atoms with Crippen molar-refractivity contribution in [2.24, 2.45) is 0 Å². The molecule has 0 bridgehead atoms. The molecule has 0 radical (unpaired) electrons. The van der Waals surface area contributed by atoms with Crippen LogP contribution in [0.15, 0.2) is 10.9 Å². The summed E-state index contributed by atoms with van der Waals surface area (Å²) in [7, 11) is 0. The Bertz CT molecular complexity index is 326. The van der Waals surface area contributed by atoms with Crippen molar-refractivity contribution in [2.75, 3.05) is 13.1 Å². The number of amides is 1. The highest BCUT2D eigenvalue weighted by molar-refractivity contribution is 7.07. The highest BCUT2D eigenvalue weighted by atomic mass is 32.1. The van der Waals surface area contributed by atoms with Gasteiger partial charge in [0.05, 0.1) is 30.8 Å². The standard InChI is InChI=1S/C8H10F3N3OS/c9-8(10,11)4-12-2-7(15)13-1-6-3-16-5-14-6/h3,5,12H,1-2,4H2,(H,13,15). The van der Waals surface area contributed by atoms with Gasteiger partial charge in [-0.2, -0.15) is 13.2 Å². The monoisotopic (exact) mass is 253 g/mol. The molecule has 16 heavy (non-hydrogen) atoms. The first-order chi connectivity index (χ1) is 7.47. The van der Waals surface area contributed by atoms with Crippen LogP contribution >= 0.6 is 11.3 Å². The fourth-order valence-corrected chi connectivity index (χ4v) is 1.45. The van der Waals surface area contributed by atoms with Crippen LogP contribution in [-0.2, 0) is 11.3 Å². The molecule has 0 spiro atoms. The van der Waals surface area contributed by atoms with Crippen LogP contribution in [0.25, 0.3) is 0 Å². The highest BCUT2D eigenvalue weighted by Crippen LogP contribution is 2.11. The van der Waals surface area contributed by atoms with Gasteiger partial charge in [0.25, 0.3) is 0 Å². The zero-order chi connectivity index (χ0) is 12.0. The molecule has 0 fully saturated rings. The fourth-order valence-electron chi connectivity index (χ4n) is 0.894. The number of nitrogens with zero attached hydrogens (tertiary/aromatic N) is 1. The van der Waals surface area contributed by atoms with Gasteiger partial charge in [0, 0.05) is 5.38 Å². The summed E-state index contributed by atoms with van der Waals surface area (Å²) in [6.07, 6.45) is -4.30. The number of thiazole rings is 1. The summed E-state index contributed by atoms with van der Waals surface area (Å²) in [6, 6.07) is 0. The first-order valence-electron chi connectivity index (χ1n) is 4.38. The number of hydrogen-bond donors (Lipinski definition) is 2. The summed E-state index contributed by atoms with van der Waals surface area (Å²) in [4.78, 5) is 15.0. The van der Waals surface area contributed by atoms with Crippen LogP contribution in [0.5, 0.6) is 0 Å². The van der Waals surface area contributed by atoms with Gasteiger partial charge in [-0.15, -0.1) is 11.3 Å². The second-order valence-electron chi connectivity index (χ2n) is 2.98. The van der Waals surface area contributed by atoms with E-state index in [4.69, 9.17) is 0 Å². The van der Waals surface area contributed by atoms with Gasteiger partial charge >= 0.3 is 6.18 Å². The molecule has 1 rings (SSSR count). The van der Waals surface area contributed by atoms with Crippen LogP contribution in [-0.4, -0.2) is 30.2 Å². The van der Waals surface area contributed by atoms with E-state index in [2.05, 4.69) is 10.3 Å². The number of nitrogens with one attached hydrogen (secondary N) is 2. The van der Waals surface area contributed by atoms with Gasteiger partial charge in [-0.1, -0.05) is 0 Å². The lowest BCUT2D eigenvalue weighted by Crippen LogP contribution is -2.38. The van der Waals surface area contributed by atoms with Crippen molar-refractivity contribution in [3.63, 3.8) is 0 Å². The topological polar surface area (TPSA) is 54.0 Å². The van der Waals surface area contributed by atoms with E-state index in [9.17, 15) is 18.0 Å². The predicted octanol–water partition coefficient (Wildman–Crippen LogP) is 0.911. The molecule has 1 amide bonds. The number of hydrogen-bond acceptors (Lipinski definition) is 4. The van der Waals surface area contributed by atoms with Crippen molar-refractivity contribution < 1.29 is 18.0 Å².